The van der Waals surface area contributed by atoms with Crippen LogP contribution in [0.15, 0.2) is 67.3 Å². The lowest BCUT2D eigenvalue weighted by atomic mass is 10.1. The third-order valence-corrected chi connectivity index (χ3v) is 5.49. The van der Waals surface area contributed by atoms with Gasteiger partial charge in [-0.15, -0.1) is 0 Å². The van der Waals surface area contributed by atoms with E-state index in [1.807, 2.05) is 42.5 Å². The summed E-state index contributed by atoms with van der Waals surface area (Å²) in [6.07, 6.45) is 10.2. The minimum Gasteiger partial charge on any atom is -0.341 e. The molecule has 1 saturated heterocycles. The van der Waals surface area contributed by atoms with Crippen LogP contribution in [0.2, 0.25) is 0 Å². The van der Waals surface area contributed by atoms with E-state index in [9.17, 15) is 4.79 Å². The van der Waals surface area contributed by atoms with Gasteiger partial charge in [-0.2, -0.15) is 0 Å². The zero-order chi connectivity index (χ0) is 21.0. The number of aromatic nitrogens is 4. The molecule has 0 spiro atoms. The van der Waals surface area contributed by atoms with Crippen LogP contribution >= 0.6 is 0 Å². The Balaban J connectivity index is 1.53. The van der Waals surface area contributed by atoms with Gasteiger partial charge in [-0.3, -0.25) is 14.8 Å². The summed E-state index contributed by atoms with van der Waals surface area (Å²) in [5.41, 5.74) is 3.25. The highest BCUT2D eigenvalue weighted by molar-refractivity contribution is 6.11. The fraction of sp³-hybridized carbons (Fsp3) is 0.208. The van der Waals surface area contributed by atoms with Crippen LogP contribution in [-0.4, -0.2) is 38.9 Å². The van der Waals surface area contributed by atoms with Gasteiger partial charge in [0, 0.05) is 48.8 Å². The number of carbonyl (C=O) groups excluding carboxylic acids is 1. The molecule has 1 fully saturated rings. The van der Waals surface area contributed by atoms with Crippen molar-refractivity contribution in [1.82, 2.24) is 19.9 Å². The predicted octanol–water partition coefficient (Wildman–Crippen LogP) is 4.33. The van der Waals surface area contributed by atoms with E-state index in [2.05, 4.69) is 25.2 Å². The molecule has 154 valence electrons. The number of rotatable bonds is 4. The fourth-order valence-corrected chi connectivity index (χ4v) is 3.91. The van der Waals surface area contributed by atoms with Gasteiger partial charge in [0.1, 0.15) is 0 Å². The Morgan fingerprint density at radius 1 is 0.903 bits per heavy atom. The number of hydrogen-bond donors (Lipinski definition) is 1. The molecule has 0 atom stereocenters. The molecule has 0 radical (unpaired) electrons. The Bertz CT molecular complexity index is 1220. The second kappa shape index (κ2) is 8.47. The number of amides is 1. The van der Waals surface area contributed by atoms with E-state index < -0.39 is 0 Å². The first-order valence-corrected chi connectivity index (χ1v) is 10.5. The number of para-hydroxylation sites is 1. The number of nitrogens with one attached hydrogen (secondary N) is 1. The Hall–Kier alpha value is -3.87. The summed E-state index contributed by atoms with van der Waals surface area (Å²) in [5.74, 6) is 0.394. The molecule has 0 saturated carbocycles. The topological polar surface area (TPSA) is 83.9 Å². The zero-order valence-electron chi connectivity index (χ0n) is 17.0. The van der Waals surface area contributed by atoms with Crippen LogP contribution < -0.4 is 10.2 Å². The van der Waals surface area contributed by atoms with E-state index >= 15 is 0 Å². The molecular formula is C24H22N6O. The molecule has 31 heavy (non-hydrogen) atoms. The normalized spacial score (nSPS) is 13.9. The van der Waals surface area contributed by atoms with Crippen LogP contribution in [0.3, 0.4) is 0 Å². The number of carbonyl (C=O) groups is 1. The summed E-state index contributed by atoms with van der Waals surface area (Å²) in [5, 5.41) is 3.96. The number of hydrogen-bond acceptors (Lipinski definition) is 6. The summed E-state index contributed by atoms with van der Waals surface area (Å²) in [6, 6.07) is 13.3. The molecule has 1 aliphatic heterocycles. The summed E-state index contributed by atoms with van der Waals surface area (Å²) in [4.78, 5) is 33.3. The average molecular weight is 410 g/mol. The molecule has 1 aliphatic rings. The smallest absolute Gasteiger partial charge is 0.259 e. The van der Waals surface area contributed by atoms with Crippen molar-refractivity contribution in [2.45, 2.75) is 19.3 Å². The number of anilines is 2. The van der Waals surface area contributed by atoms with E-state index in [1.54, 1.807) is 24.8 Å². The standard InChI is InChI=1S/C24H22N6O/c31-23(28-20-8-4-6-17-7-5-11-26-22(17)20)19-16-27-24(30-14-2-1-3-15-30)29-21(19)18-9-12-25-13-10-18/h4-13,16H,1-3,14-15H2,(H,28,31). The van der Waals surface area contributed by atoms with Crippen molar-refractivity contribution in [2.24, 2.45) is 0 Å². The van der Waals surface area contributed by atoms with Crippen molar-refractivity contribution in [2.75, 3.05) is 23.3 Å². The highest BCUT2D eigenvalue weighted by Crippen LogP contribution is 2.27. The molecule has 1 aromatic carbocycles. The van der Waals surface area contributed by atoms with Crippen molar-refractivity contribution in [3.63, 3.8) is 0 Å². The molecule has 7 nitrogen and oxygen atoms in total. The van der Waals surface area contributed by atoms with Crippen LogP contribution in [0.1, 0.15) is 29.6 Å². The fourth-order valence-electron chi connectivity index (χ4n) is 3.91. The number of piperidine rings is 1. The van der Waals surface area contributed by atoms with E-state index in [4.69, 9.17) is 4.98 Å². The Kier molecular flexibility index (Phi) is 5.22. The second-order valence-electron chi connectivity index (χ2n) is 7.55. The highest BCUT2D eigenvalue weighted by Gasteiger charge is 2.20. The van der Waals surface area contributed by atoms with E-state index in [1.165, 1.54) is 6.42 Å². The van der Waals surface area contributed by atoms with Crippen LogP contribution in [0.4, 0.5) is 11.6 Å². The lowest BCUT2D eigenvalue weighted by Gasteiger charge is -2.27. The number of benzene rings is 1. The molecule has 4 aromatic rings. The van der Waals surface area contributed by atoms with Crippen molar-refractivity contribution in [1.29, 1.82) is 0 Å². The molecule has 1 amide bonds. The summed E-state index contributed by atoms with van der Waals surface area (Å²) < 4.78 is 0. The van der Waals surface area contributed by atoms with E-state index in [0.29, 0.717) is 22.9 Å². The quantitative estimate of drug-likeness (QED) is 0.539. The largest absolute Gasteiger partial charge is 0.341 e. The Morgan fingerprint density at radius 2 is 1.71 bits per heavy atom. The Morgan fingerprint density at radius 3 is 2.55 bits per heavy atom. The molecule has 5 rings (SSSR count). The van der Waals surface area contributed by atoms with Gasteiger partial charge in [-0.05, 0) is 43.5 Å². The zero-order valence-corrected chi connectivity index (χ0v) is 17.0. The predicted molar refractivity (Wildman–Crippen MR) is 121 cm³/mol. The molecule has 0 bridgehead atoms. The second-order valence-corrected chi connectivity index (χ2v) is 7.55. The molecule has 4 heterocycles. The summed E-state index contributed by atoms with van der Waals surface area (Å²) >= 11 is 0. The molecule has 0 aliphatic carbocycles. The van der Waals surface area contributed by atoms with Gasteiger partial charge in [-0.25, -0.2) is 9.97 Å². The maximum atomic E-state index is 13.3. The number of fused-ring (bicyclic) bond motifs is 1. The van der Waals surface area contributed by atoms with E-state index in [-0.39, 0.29) is 5.91 Å². The number of pyridine rings is 2. The minimum absolute atomic E-state index is 0.268. The van der Waals surface area contributed by atoms with Gasteiger partial charge in [0.2, 0.25) is 5.95 Å². The molecule has 3 aromatic heterocycles. The minimum atomic E-state index is -0.268. The first-order chi connectivity index (χ1) is 15.3. The van der Waals surface area contributed by atoms with Crippen molar-refractivity contribution in [3.8, 4) is 11.3 Å². The van der Waals surface area contributed by atoms with Gasteiger partial charge in [0.25, 0.3) is 5.91 Å². The average Bonchev–Trinajstić information content (AvgIpc) is 2.85. The molecule has 7 heteroatoms. The lowest BCUT2D eigenvalue weighted by Crippen LogP contribution is -2.31. The van der Waals surface area contributed by atoms with Gasteiger partial charge in [0.05, 0.1) is 22.5 Å². The Labute approximate surface area is 180 Å². The lowest BCUT2D eigenvalue weighted by molar-refractivity contribution is 0.102. The van der Waals surface area contributed by atoms with Gasteiger partial charge in [0.15, 0.2) is 0 Å². The van der Waals surface area contributed by atoms with Crippen molar-refractivity contribution >= 4 is 28.4 Å². The van der Waals surface area contributed by atoms with Gasteiger partial charge in [-0.1, -0.05) is 18.2 Å². The third kappa shape index (κ3) is 3.94. The molecular weight excluding hydrogens is 388 g/mol. The molecule has 1 N–H and O–H groups in total. The van der Waals surface area contributed by atoms with E-state index in [0.717, 1.165) is 42.4 Å². The van der Waals surface area contributed by atoms with Crippen LogP contribution in [-0.2, 0) is 0 Å². The third-order valence-electron chi connectivity index (χ3n) is 5.49. The first kappa shape index (κ1) is 19.1. The maximum Gasteiger partial charge on any atom is 0.259 e. The van der Waals surface area contributed by atoms with Crippen LogP contribution in [0.25, 0.3) is 22.2 Å². The van der Waals surface area contributed by atoms with Crippen molar-refractivity contribution in [3.05, 3.63) is 72.8 Å². The summed E-state index contributed by atoms with van der Waals surface area (Å²) in [6.45, 7) is 1.87. The molecule has 0 unspecified atom stereocenters. The van der Waals surface area contributed by atoms with Crippen LogP contribution in [0, 0.1) is 0 Å². The highest BCUT2D eigenvalue weighted by atomic mass is 16.1. The summed E-state index contributed by atoms with van der Waals surface area (Å²) in [7, 11) is 0. The van der Waals surface area contributed by atoms with Gasteiger partial charge >= 0.3 is 0 Å². The van der Waals surface area contributed by atoms with Crippen molar-refractivity contribution < 1.29 is 4.79 Å². The van der Waals surface area contributed by atoms with Crippen LogP contribution in [0.5, 0.6) is 0 Å². The monoisotopic (exact) mass is 410 g/mol. The van der Waals surface area contributed by atoms with Gasteiger partial charge < -0.3 is 10.2 Å². The first-order valence-electron chi connectivity index (χ1n) is 10.5. The SMILES string of the molecule is O=C(Nc1cccc2cccnc12)c1cnc(N2CCCCC2)nc1-c1ccncc1. The number of nitrogens with zero attached hydrogens (tertiary/aromatic N) is 5. The maximum absolute atomic E-state index is 13.3.